The summed E-state index contributed by atoms with van der Waals surface area (Å²) in [6, 6.07) is 3.96. The summed E-state index contributed by atoms with van der Waals surface area (Å²) >= 11 is 0. The summed E-state index contributed by atoms with van der Waals surface area (Å²) in [5.41, 5.74) is 0.0230. The second kappa shape index (κ2) is 6.32. The molecular weight excluding hydrogens is 227 g/mol. The molecule has 0 heterocycles. The Morgan fingerprint density at radius 1 is 1.47 bits per heavy atom. The fourth-order valence-electron chi connectivity index (χ4n) is 1.30. The molecule has 0 bridgehead atoms. The minimum atomic E-state index is -0.768. The molecule has 1 aromatic rings. The molecule has 1 atom stereocenters. The molecule has 1 rings (SSSR count). The molecule has 17 heavy (non-hydrogen) atoms. The van der Waals surface area contributed by atoms with Gasteiger partial charge in [0.25, 0.3) is 0 Å². The number of hydrogen-bond acceptors (Lipinski definition) is 4. The first kappa shape index (κ1) is 13.6. The quantitative estimate of drug-likeness (QED) is 0.766. The normalized spacial score (nSPS) is 12.2. The number of aliphatic hydroxyl groups excluding tert-OH is 1. The van der Waals surface area contributed by atoms with Gasteiger partial charge in [-0.25, -0.2) is 4.39 Å². The first-order valence-corrected chi connectivity index (χ1v) is 5.15. The largest absolute Gasteiger partial charge is 0.491 e. The minimum absolute atomic E-state index is 0.00664. The lowest BCUT2D eigenvalue weighted by molar-refractivity contribution is 0.0324. The summed E-state index contributed by atoms with van der Waals surface area (Å²) in [4.78, 5) is 11.0. The molecule has 0 aliphatic rings. The van der Waals surface area contributed by atoms with Gasteiger partial charge in [-0.15, -0.1) is 0 Å². The molecule has 5 heteroatoms. The van der Waals surface area contributed by atoms with Crippen molar-refractivity contribution in [1.82, 2.24) is 0 Å². The Labute approximate surface area is 99.0 Å². The van der Waals surface area contributed by atoms with Crippen LogP contribution in [-0.2, 0) is 4.74 Å². The Morgan fingerprint density at radius 2 is 2.18 bits per heavy atom. The van der Waals surface area contributed by atoms with Crippen LogP contribution in [0.2, 0.25) is 0 Å². The molecule has 1 aromatic carbocycles. The Bertz CT molecular complexity index is 392. The summed E-state index contributed by atoms with van der Waals surface area (Å²) in [7, 11) is 1.46. The van der Waals surface area contributed by atoms with E-state index in [1.165, 1.54) is 26.2 Å². The van der Waals surface area contributed by atoms with E-state index in [0.29, 0.717) is 0 Å². The van der Waals surface area contributed by atoms with Crippen LogP contribution < -0.4 is 4.74 Å². The number of ether oxygens (including phenoxy) is 2. The highest BCUT2D eigenvalue weighted by Gasteiger charge is 2.09. The molecule has 0 fully saturated rings. The molecule has 1 N–H and O–H groups in total. The van der Waals surface area contributed by atoms with Gasteiger partial charge in [-0.2, -0.15) is 0 Å². The molecule has 0 aliphatic heterocycles. The van der Waals surface area contributed by atoms with Crippen LogP contribution in [0.5, 0.6) is 5.75 Å². The van der Waals surface area contributed by atoms with Crippen LogP contribution in [0.15, 0.2) is 18.2 Å². The van der Waals surface area contributed by atoms with Crippen LogP contribution in [0.3, 0.4) is 0 Å². The lowest BCUT2D eigenvalue weighted by atomic mass is 10.1. The maximum atomic E-state index is 13.4. The maximum Gasteiger partial charge on any atom is 0.162 e. The lowest BCUT2D eigenvalue weighted by Crippen LogP contribution is -2.22. The van der Waals surface area contributed by atoms with Crippen molar-refractivity contribution in [2.45, 2.75) is 13.0 Å². The molecule has 94 valence electrons. The van der Waals surface area contributed by atoms with Crippen LogP contribution in [0, 0.1) is 5.82 Å². The van der Waals surface area contributed by atoms with Gasteiger partial charge in [0.15, 0.2) is 5.78 Å². The monoisotopic (exact) mass is 242 g/mol. The van der Waals surface area contributed by atoms with Crippen molar-refractivity contribution in [2.24, 2.45) is 0 Å². The molecule has 0 aromatic heterocycles. The van der Waals surface area contributed by atoms with Gasteiger partial charge < -0.3 is 14.6 Å². The number of ketones is 1. The fraction of sp³-hybridized carbons (Fsp3) is 0.417. The van der Waals surface area contributed by atoms with Crippen molar-refractivity contribution in [2.75, 3.05) is 20.3 Å². The molecule has 4 nitrogen and oxygen atoms in total. The van der Waals surface area contributed by atoms with E-state index >= 15 is 0 Å². The molecular formula is C12H15FO4. The Balaban J connectivity index is 2.62. The van der Waals surface area contributed by atoms with E-state index < -0.39 is 11.9 Å². The van der Waals surface area contributed by atoms with Crippen molar-refractivity contribution in [3.05, 3.63) is 29.6 Å². The number of carbonyl (C=O) groups excluding carboxylic acids is 1. The standard InChI is InChI=1S/C12H15FO4/c1-8(14)11-4-3-10(5-12(11)13)17-7-9(15)6-16-2/h3-5,9,15H,6-7H2,1-2H3. The third kappa shape index (κ3) is 4.13. The molecule has 0 amide bonds. The Kier molecular flexibility index (Phi) is 5.06. The van der Waals surface area contributed by atoms with Gasteiger partial charge in [-0.3, -0.25) is 4.79 Å². The number of aliphatic hydroxyl groups is 1. The predicted molar refractivity (Wildman–Crippen MR) is 59.8 cm³/mol. The van der Waals surface area contributed by atoms with Gasteiger partial charge in [0.2, 0.25) is 0 Å². The molecule has 0 spiro atoms. The van der Waals surface area contributed by atoms with E-state index in [1.807, 2.05) is 0 Å². The lowest BCUT2D eigenvalue weighted by Gasteiger charge is -2.11. The summed E-state index contributed by atoms with van der Waals surface area (Å²) in [5, 5.41) is 9.32. The molecule has 0 radical (unpaired) electrons. The first-order valence-electron chi connectivity index (χ1n) is 5.15. The highest BCUT2D eigenvalue weighted by Crippen LogP contribution is 2.17. The molecule has 0 aliphatic carbocycles. The first-order chi connectivity index (χ1) is 8.04. The van der Waals surface area contributed by atoms with Crippen LogP contribution >= 0.6 is 0 Å². The molecule has 1 unspecified atom stereocenters. The summed E-state index contributed by atoms with van der Waals surface area (Å²) < 4.78 is 23.3. The van der Waals surface area contributed by atoms with Crippen LogP contribution in [0.25, 0.3) is 0 Å². The highest BCUT2D eigenvalue weighted by atomic mass is 19.1. The summed E-state index contributed by atoms with van der Waals surface area (Å²) in [6.07, 6.45) is -0.768. The Morgan fingerprint density at radius 3 is 2.71 bits per heavy atom. The number of benzene rings is 1. The van der Waals surface area contributed by atoms with Crippen LogP contribution in [0.1, 0.15) is 17.3 Å². The minimum Gasteiger partial charge on any atom is -0.491 e. The van der Waals surface area contributed by atoms with Crippen molar-refractivity contribution in [1.29, 1.82) is 0 Å². The van der Waals surface area contributed by atoms with Gasteiger partial charge in [-0.05, 0) is 19.1 Å². The van der Waals surface area contributed by atoms with Crippen LogP contribution in [0.4, 0.5) is 4.39 Å². The number of carbonyl (C=O) groups is 1. The average molecular weight is 242 g/mol. The molecule has 0 saturated heterocycles. The second-order valence-electron chi connectivity index (χ2n) is 3.62. The van der Waals surface area contributed by atoms with E-state index in [2.05, 4.69) is 0 Å². The summed E-state index contributed by atoms with van der Waals surface area (Å²) in [5.74, 6) is -0.702. The smallest absolute Gasteiger partial charge is 0.162 e. The zero-order valence-electron chi connectivity index (χ0n) is 9.77. The van der Waals surface area contributed by atoms with Crippen molar-refractivity contribution >= 4 is 5.78 Å². The van der Waals surface area contributed by atoms with E-state index in [-0.39, 0.29) is 30.3 Å². The van der Waals surface area contributed by atoms with Crippen molar-refractivity contribution in [3.8, 4) is 5.75 Å². The molecule has 0 saturated carbocycles. The van der Waals surface area contributed by atoms with Crippen LogP contribution in [-0.4, -0.2) is 37.3 Å². The van der Waals surface area contributed by atoms with Gasteiger partial charge in [0, 0.05) is 13.2 Å². The number of Topliss-reactive ketones (excluding diaryl/α,β-unsaturated/α-hetero) is 1. The Hall–Kier alpha value is -1.46. The number of methoxy groups -OCH3 is 1. The second-order valence-corrected chi connectivity index (χ2v) is 3.62. The van der Waals surface area contributed by atoms with E-state index in [1.54, 1.807) is 0 Å². The number of halogens is 1. The van der Waals surface area contributed by atoms with Gasteiger partial charge in [0.1, 0.15) is 24.3 Å². The zero-order chi connectivity index (χ0) is 12.8. The van der Waals surface area contributed by atoms with Gasteiger partial charge in [0.05, 0.1) is 12.2 Å². The topological polar surface area (TPSA) is 55.8 Å². The summed E-state index contributed by atoms with van der Waals surface area (Å²) in [6.45, 7) is 1.45. The maximum absolute atomic E-state index is 13.4. The van der Waals surface area contributed by atoms with E-state index in [9.17, 15) is 14.3 Å². The van der Waals surface area contributed by atoms with Crippen molar-refractivity contribution < 1.29 is 23.8 Å². The van der Waals surface area contributed by atoms with Gasteiger partial charge in [-0.1, -0.05) is 0 Å². The van der Waals surface area contributed by atoms with Crippen molar-refractivity contribution in [3.63, 3.8) is 0 Å². The highest BCUT2D eigenvalue weighted by molar-refractivity contribution is 5.94. The number of rotatable bonds is 6. The fourth-order valence-corrected chi connectivity index (χ4v) is 1.30. The third-order valence-electron chi connectivity index (χ3n) is 2.12. The number of hydrogen-bond donors (Lipinski definition) is 1. The van der Waals surface area contributed by atoms with Gasteiger partial charge >= 0.3 is 0 Å². The third-order valence-corrected chi connectivity index (χ3v) is 2.12. The average Bonchev–Trinajstić information content (AvgIpc) is 2.26. The van der Waals surface area contributed by atoms with E-state index in [0.717, 1.165) is 6.07 Å². The SMILES string of the molecule is COCC(O)COc1ccc(C(C)=O)c(F)c1. The zero-order valence-corrected chi connectivity index (χ0v) is 9.77. The van der Waals surface area contributed by atoms with E-state index in [4.69, 9.17) is 9.47 Å². The predicted octanol–water partition coefficient (Wildman–Crippen LogP) is 1.41.